The molecule has 0 spiro atoms. The molecule has 0 fully saturated rings. The Morgan fingerprint density at radius 1 is 1.46 bits per heavy atom. The van der Waals surface area contributed by atoms with Gasteiger partial charge in [-0.2, -0.15) is 0 Å². The first-order valence-corrected chi connectivity index (χ1v) is 5.46. The molecule has 1 atom stereocenters. The number of aryl methyl sites for hydroxylation is 1. The van der Waals surface area contributed by atoms with E-state index < -0.39 is 0 Å². The number of hydrogen-bond acceptors (Lipinski definition) is 1. The Hall–Kier alpha value is -0.500. The number of hydrogen-bond donors (Lipinski definition) is 1. The van der Waals surface area contributed by atoms with E-state index in [1.807, 2.05) is 0 Å². The zero-order chi connectivity index (χ0) is 9.84. The smallest absolute Gasteiger partial charge is 0.0489 e. The molecule has 72 valence electrons. The summed E-state index contributed by atoms with van der Waals surface area (Å²) in [5.74, 6) is 0. The maximum absolute atomic E-state index is 3.58. The van der Waals surface area contributed by atoms with E-state index in [0.29, 0.717) is 6.04 Å². The molecule has 13 heavy (non-hydrogen) atoms. The summed E-state index contributed by atoms with van der Waals surface area (Å²) in [4.78, 5) is 0. The highest BCUT2D eigenvalue weighted by Gasteiger charge is 2.03. The van der Waals surface area contributed by atoms with Crippen LogP contribution >= 0.6 is 15.9 Å². The normalized spacial score (nSPS) is 12.6. The Bertz CT molecular complexity index is 283. The third-order valence-corrected chi connectivity index (χ3v) is 3.26. The molecular formula is C11H16BrN. The van der Waals surface area contributed by atoms with E-state index in [1.165, 1.54) is 15.7 Å². The zero-order valence-corrected chi connectivity index (χ0v) is 9.98. The van der Waals surface area contributed by atoms with E-state index in [9.17, 15) is 0 Å². The molecule has 0 saturated heterocycles. The van der Waals surface area contributed by atoms with Crippen LogP contribution in [0.4, 0.5) is 5.69 Å². The van der Waals surface area contributed by atoms with E-state index in [-0.39, 0.29) is 0 Å². The summed E-state index contributed by atoms with van der Waals surface area (Å²) in [6.07, 6.45) is 1.14. The standard InChI is InChI=1S/C11H16BrN/c1-4-9(3)13-10-7-5-6-8(2)11(10)12/h5-7,9,13H,4H2,1-3H3. The summed E-state index contributed by atoms with van der Waals surface area (Å²) in [5, 5.41) is 3.45. The Morgan fingerprint density at radius 2 is 2.15 bits per heavy atom. The van der Waals surface area contributed by atoms with Crippen molar-refractivity contribution >= 4 is 21.6 Å². The zero-order valence-electron chi connectivity index (χ0n) is 8.39. The highest BCUT2D eigenvalue weighted by atomic mass is 79.9. The fraction of sp³-hybridized carbons (Fsp3) is 0.455. The predicted octanol–water partition coefficient (Wildman–Crippen LogP) is 3.97. The molecule has 1 N–H and O–H groups in total. The first-order valence-electron chi connectivity index (χ1n) is 4.66. The molecule has 0 bridgehead atoms. The van der Waals surface area contributed by atoms with Gasteiger partial charge in [0.25, 0.3) is 0 Å². The van der Waals surface area contributed by atoms with Crippen molar-refractivity contribution in [3.63, 3.8) is 0 Å². The van der Waals surface area contributed by atoms with E-state index in [0.717, 1.165) is 6.42 Å². The van der Waals surface area contributed by atoms with Crippen LogP contribution in [-0.4, -0.2) is 6.04 Å². The van der Waals surface area contributed by atoms with Crippen LogP contribution in [-0.2, 0) is 0 Å². The highest BCUT2D eigenvalue weighted by molar-refractivity contribution is 9.10. The molecule has 0 radical (unpaired) electrons. The molecule has 1 unspecified atom stereocenters. The van der Waals surface area contributed by atoms with Crippen molar-refractivity contribution in [3.05, 3.63) is 28.2 Å². The fourth-order valence-corrected chi connectivity index (χ4v) is 1.51. The lowest BCUT2D eigenvalue weighted by Crippen LogP contribution is -2.13. The first-order chi connectivity index (χ1) is 6.15. The Labute approximate surface area is 88.7 Å². The van der Waals surface area contributed by atoms with Crippen LogP contribution in [0, 0.1) is 6.92 Å². The third kappa shape index (κ3) is 2.73. The molecule has 2 heteroatoms. The summed E-state index contributed by atoms with van der Waals surface area (Å²) in [5.41, 5.74) is 2.46. The molecule has 1 nitrogen and oxygen atoms in total. The van der Waals surface area contributed by atoms with E-state index in [4.69, 9.17) is 0 Å². The van der Waals surface area contributed by atoms with Crippen molar-refractivity contribution < 1.29 is 0 Å². The average Bonchev–Trinajstić information content (AvgIpc) is 2.13. The van der Waals surface area contributed by atoms with Crippen LogP contribution in [0.1, 0.15) is 25.8 Å². The molecule has 0 aliphatic rings. The van der Waals surface area contributed by atoms with Gasteiger partial charge < -0.3 is 5.32 Å². The fourth-order valence-electron chi connectivity index (χ4n) is 1.13. The van der Waals surface area contributed by atoms with Crippen molar-refractivity contribution in [2.45, 2.75) is 33.2 Å². The second-order valence-corrected chi connectivity index (χ2v) is 4.18. The lowest BCUT2D eigenvalue weighted by Gasteiger charge is -2.15. The minimum Gasteiger partial charge on any atom is -0.382 e. The Balaban J connectivity index is 2.83. The van der Waals surface area contributed by atoms with Crippen LogP contribution in [0.5, 0.6) is 0 Å². The van der Waals surface area contributed by atoms with Gasteiger partial charge in [-0.15, -0.1) is 0 Å². The van der Waals surface area contributed by atoms with Gasteiger partial charge in [-0.05, 0) is 47.8 Å². The molecule has 0 aliphatic heterocycles. The van der Waals surface area contributed by atoms with Crippen LogP contribution < -0.4 is 5.32 Å². The predicted molar refractivity (Wildman–Crippen MR) is 62.3 cm³/mol. The molecule has 0 aliphatic carbocycles. The topological polar surface area (TPSA) is 12.0 Å². The first kappa shape index (κ1) is 10.6. The second-order valence-electron chi connectivity index (χ2n) is 3.39. The minimum atomic E-state index is 0.526. The van der Waals surface area contributed by atoms with Crippen molar-refractivity contribution in [2.24, 2.45) is 0 Å². The van der Waals surface area contributed by atoms with Crippen LogP contribution in [0.15, 0.2) is 22.7 Å². The van der Waals surface area contributed by atoms with Gasteiger partial charge in [0.05, 0.1) is 0 Å². The van der Waals surface area contributed by atoms with Crippen LogP contribution in [0.25, 0.3) is 0 Å². The van der Waals surface area contributed by atoms with Gasteiger partial charge in [-0.3, -0.25) is 0 Å². The largest absolute Gasteiger partial charge is 0.382 e. The summed E-state index contributed by atoms with van der Waals surface area (Å²) in [7, 11) is 0. The SMILES string of the molecule is CCC(C)Nc1cccc(C)c1Br. The molecule has 1 aromatic rings. The molecule has 0 saturated carbocycles. The number of nitrogens with one attached hydrogen (secondary N) is 1. The molecule has 0 amide bonds. The molecule has 1 aromatic carbocycles. The average molecular weight is 242 g/mol. The van der Waals surface area contributed by atoms with E-state index in [1.54, 1.807) is 0 Å². The highest BCUT2D eigenvalue weighted by Crippen LogP contribution is 2.26. The van der Waals surface area contributed by atoms with Gasteiger partial charge in [0.15, 0.2) is 0 Å². The lowest BCUT2D eigenvalue weighted by atomic mass is 10.2. The molecule has 1 rings (SSSR count). The van der Waals surface area contributed by atoms with Crippen molar-refractivity contribution in [1.82, 2.24) is 0 Å². The second kappa shape index (κ2) is 4.66. The van der Waals surface area contributed by atoms with Crippen molar-refractivity contribution in [2.75, 3.05) is 5.32 Å². The maximum Gasteiger partial charge on any atom is 0.0489 e. The number of rotatable bonds is 3. The van der Waals surface area contributed by atoms with Gasteiger partial charge in [-0.25, -0.2) is 0 Å². The quantitative estimate of drug-likeness (QED) is 0.845. The Morgan fingerprint density at radius 3 is 2.77 bits per heavy atom. The summed E-state index contributed by atoms with van der Waals surface area (Å²) in [6, 6.07) is 6.80. The van der Waals surface area contributed by atoms with Gasteiger partial charge in [-0.1, -0.05) is 19.1 Å². The maximum atomic E-state index is 3.58. The van der Waals surface area contributed by atoms with Gasteiger partial charge in [0.2, 0.25) is 0 Å². The van der Waals surface area contributed by atoms with Crippen molar-refractivity contribution in [3.8, 4) is 0 Å². The van der Waals surface area contributed by atoms with Crippen molar-refractivity contribution in [1.29, 1.82) is 0 Å². The summed E-state index contributed by atoms with van der Waals surface area (Å²) >= 11 is 3.58. The summed E-state index contributed by atoms with van der Waals surface area (Å²) < 4.78 is 1.18. The minimum absolute atomic E-state index is 0.526. The molecule has 0 heterocycles. The summed E-state index contributed by atoms with van der Waals surface area (Å²) in [6.45, 7) is 6.47. The Kier molecular flexibility index (Phi) is 3.79. The van der Waals surface area contributed by atoms with Gasteiger partial charge in [0, 0.05) is 16.2 Å². The number of benzene rings is 1. The van der Waals surface area contributed by atoms with E-state index >= 15 is 0 Å². The van der Waals surface area contributed by atoms with Crippen LogP contribution in [0.2, 0.25) is 0 Å². The molecular weight excluding hydrogens is 226 g/mol. The number of halogens is 1. The number of anilines is 1. The lowest BCUT2D eigenvalue weighted by molar-refractivity contribution is 0.763. The van der Waals surface area contributed by atoms with Gasteiger partial charge >= 0.3 is 0 Å². The molecule has 0 aromatic heterocycles. The van der Waals surface area contributed by atoms with Crippen LogP contribution in [0.3, 0.4) is 0 Å². The third-order valence-electron chi connectivity index (χ3n) is 2.21. The monoisotopic (exact) mass is 241 g/mol. The van der Waals surface area contributed by atoms with E-state index in [2.05, 4.69) is 60.2 Å². The van der Waals surface area contributed by atoms with Gasteiger partial charge in [0.1, 0.15) is 0 Å².